The van der Waals surface area contributed by atoms with Crippen molar-refractivity contribution in [1.82, 2.24) is 0 Å². The van der Waals surface area contributed by atoms with Gasteiger partial charge in [-0.1, -0.05) is 40.5 Å². The lowest BCUT2D eigenvalue weighted by molar-refractivity contribution is 1.14. The third-order valence-electron chi connectivity index (χ3n) is 2.84. The number of hydrogen-bond acceptors (Lipinski definition) is 0. The molecule has 2 aromatic rings. The van der Waals surface area contributed by atoms with Crippen LogP contribution >= 0.6 is 27.5 Å². The molecule has 2 heteroatoms. The third kappa shape index (κ3) is 2.72. The van der Waals surface area contributed by atoms with Crippen LogP contribution in [0.5, 0.6) is 0 Å². The molecule has 0 atom stereocenters. The number of halogens is 2. The van der Waals surface area contributed by atoms with Gasteiger partial charge in [0.1, 0.15) is 0 Å². The fraction of sp³-hybridized carbons (Fsp3) is 0.200. The summed E-state index contributed by atoms with van der Waals surface area (Å²) >= 11 is 9.76. The monoisotopic (exact) mass is 307 g/mol. The molecule has 0 nitrogen and oxygen atoms in total. The first kappa shape index (κ1) is 12.7. The minimum Gasteiger partial charge on any atom is -0.0837 e. The molecule has 0 saturated heterocycles. The molecule has 2 rings (SSSR count). The molecule has 0 bridgehead atoms. The van der Waals surface area contributed by atoms with Gasteiger partial charge in [0.05, 0.1) is 0 Å². The molecule has 0 aliphatic heterocycles. The van der Waals surface area contributed by atoms with Gasteiger partial charge in [0.25, 0.3) is 0 Å². The molecule has 2 aromatic carbocycles. The minimum atomic E-state index is 0.789. The second-order valence-corrected chi connectivity index (χ2v) is 5.35. The molecule has 0 unspecified atom stereocenters. The highest BCUT2D eigenvalue weighted by Crippen LogP contribution is 2.32. The first-order valence-electron chi connectivity index (χ1n) is 5.58. The van der Waals surface area contributed by atoms with E-state index in [0.717, 1.165) is 32.6 Å². The van der Waals surface area contributed by atoms with E-state index < -0.39 is 0 Å². The predicted octanol–water partition coefficient (Wildman–Crippen LogP) is 5.44. The molecule has 87 valence electrons. The second-order valence-electron chi connectivity index (χ2n) is 4.02. The molecule has 0 saturated carbocycles. The molecule has 17 heavy (non-hydrogen) atoms. The lowest BCUT2D eigenvalue weighted by Crippen LogP contribution is -1.88. The van der Waals surface area contributed by atoms with Crippen LogP contribution in [-0.2, 0) is 6.42 Å². The largest absolute Gasteiger partial charge is 0.0837 e. The standard InChI is InChI=1S/C15H13BrCl/c1-3-11-5-7-15(17)14(8-11)13-9-12(16)6-4-10(13)2/h5-9H,3H2,1-2H3. The van der Waals surface area contributed by atoms with Crippen LogP contribution < -0.4 is 0 Å². The summed E-state index contributed by atoms with van der Waals surface area (Å²) in [5.41, 5.74) is 4.63. The molecular weight excluding hydrogens is 296 g/mol. The van der Waals surface area contributed by atoms with Crippen LogP contribution in [0.1, 0.15) is 18.1 Å². The molecule has 0 N–H and O–H groups in total. The van der Waals surface area contributed by atoms with Crippen molar-refractivity contribution in [3.63, 3.8) is 0 Å². The zero-order valence-electron chi connectivity index (χ0n) is 9.85. The summed E-state index contributed by atoms with van der Waals surface area (Å²) in [5, 5.41) is 0.789. The number of hydrogen-bond donors (Lipinski definition) is 0. The first-order chi connectivity index (χ1) is 8.11. The normalized spacial score (nSPS) is 10.6. The van der Waals surface area contributed by atoms with Crippen molar-refractivity contribution < 1.29 is 0 Å². The van der Waals surface area contributed by atoms with E-state index in [9.17, 15) is 0 Å². The van der Waals surface area contributed by atoms with Crippen molar-refractivity contribution in [2.75, 3.05) is 0 Å². The second kappa shape index (κ2) is 5.24. The lowest BCUT2D eigenvalue weighted by Gasteiger charge is -2.10. The van der Waals surface area contributed by atoms with E-state index in [1.165, 1.54) is 5.56 Å². The van der Waals surface area contributed by atoms with E-state index >= 15 is 0 Å². The average molecular weight is 309 g/mol. The maximum absolute atomic E-state index is 6.28. The smallest absolute Gasteiger partial charge is 0.0484 e. The maximum Gasteiger partial charge on any atom is 0.0484 e. The van der Waals surface area contributed by atoms with Gasteiger partial charge in [0.15, 0.2) is 0 Å². The molecule has 0 aromatic heterocycles. The van der Waals surface area contributed by atoms with E-state index in [0.29, 0.717) is 0 Å². The van der Waals surface area contributed by atoms with Gasteiger partial charge in [0.2, 0.25) is 0 Å². The van der Waals surface area contributed by atoms with E-state index in [1.54, 1.807) is 0 Å². The number of rotatable bonds is 2. The van der Waals surface area contributed by atoms with E-state index in [4.69, 9.17) is 11.6 Å². The predicted molar refractivity (Wildman–Crippen MR) is 77.5 cm³/mol. The summed E-state index contributed by atoms with van der Waals surface area (Å²) in [6, 6.07) is 13.4. The summed E-state index contributed by atoms with van der Waals surface area (Å²) in [4.78, 5) is 0. The molecule has 0 spiro atoms. The zero-order chi connectivity index (χ0) is 12.4. The maximum atomic E-state index is 6.28. The van der Waals surface area contributed by atoms with Crippen molar-refractivity contribution in [3.8, 4) is 11.1 Å². The lowest BCUT2D eigenvalue weighted by atomic mass is 9.98. The van der Waals surface area contributed by atoms with Crippen molar-refractivity contribution >= 4 is 27.5 Å². The van der Waals surface area contributed by atoms with Crippen molar-refractivity contribution in [2.24, 2.45) is 0 Å². The van der Waals surface area contributed by atoms with Crippen LogP contribution in [0.25, 0.3) is 11.1 Å². The Labute approximate surface area is 116 Å². The minimum absolute atomic E-state index is 0.789. The van der Waals surface area contributed by atoms with Gasteiger partial charge < -0.3 is 0 Å². The van der Waals surface area contributed by atoms with Crippen LogP contribution in [0, 0.1) is 13.0 Å². The van der Waals surface area contributed by atoms with E-state index in [2.05, 4.69) is 54.0 Å². The molecule has 0 fully saturated rings. The first-order valence-corrected chi connectivity index (χ1v) is 6.75. The summed E-state index contributed by atoms with van der Waals surface area (Å²) < 4.78 is 1.02. The fourth-order valence-electron chi connectivity index (χ4n) is 1.82. The van der Waals surface area contributed by atoms with Crippen LogP contribution in [0.2, 0.25) is 5.02 Å². The van der Waals surface area contributed by atoms with E-state index in [1.807, 2.05) is 12.1 Å². The zero-order valence-corrected chi connectivity index (χ0v) is 12.2. The van der Waals surface area contributed by atoms with Crippen molar-refractivity contribution in [1.29, 1.82) is 0 Å². The number of aryl methyl sites for hydroxylation is 2. The molecule has 0 amide bonds. The molecule has 0 heterocycles. The Kier molecular flexibility index (Phi) is 3.90. The average Bonchev–Trinajstić information content (AvgIpc) is 2.33. The molecule has 1 radical (unpaired) electrons. The highest BCUT2D eigenvalue weighted by Gasteiger charge is 2.08. The van der Waals surface area contributed by atoms with Gasteiger partial charge in [-0.15, -0.1) is 0 Å². The SMILES string of the molecule is CCc1ccc(Cl)c(-c2cc(Br)c[c]c2C)c1. The summed E-state index contributed by atoms with van der Waals surface area (Å²) in [5.74, 6) is 0. The summed E-state index contributed by atoms with van der Waals surface area (Å²) in [6.45, 7) is 4.20. The Morgan fingerprint density at radius 1 is 1.24 bits per heavy atom. The molecular formula is C15H13BrCl. The van der Waals surface area contributed by atoms with Gasteiger partial charge in [-0.05, 0) is 60.4 Å². The fourth-order valence-corrected chi connectivity index (χ4v) is 2.38. The Morgan fingerprint density at radius 2 is 2.00 bits per heavy atom. The van der Waals surface area contributed by atoms with E-state index in [-0.39, 0.29) is 0 Å². The summed E-state index contributed by atoms with van der Waals surface area (Å²) in [7, 11) is 0. The van der Waals surface area contributed by atoms with Crippen LogP contribution in [0.3, 0.4) is 0 Å². The number of benzene rings is 2. The topological polar surface area (TPSA) is 0 Å². The van der Waals surface area contributed by atoms with Gasteiger partial charge >= 0.3 is 0 Å². The Balaban J connectivity index is 2.62. The summed E-state index contributed by atoms with van der Waals surface area (Å²) in [6.07, 6.45) is 1.01. The van der Waals surface area contributed by atoms with Gasteiger partial charge in [-0.2, -0.15) is 0 Å². The molecule has 0 aliphatic rings. The van der Waals surface area contributed by atoms with Crippen LogP contribution in [-0.4, -0.2) is 0 Å². The quantitative estimate of drug-likeness (QED) is 0.693. The van der Waals surface area contributed by atoms with Gasteiger partial charge in [-0.25, -0.2) is 0 Å². The molecule has 0 aliphatic carbocycles. The van der Waals surface area contributed by atoms with Gasteiger partial charge in [0, 0.05) is 15.1 Å². The van der Waals surface area contributed by atoms with Crippen molar-refractivity contribution in [3.05, 3.63) is 57.0 Å². The van der Waals surface area contributed by atoms with Gasteiger partial charge in [-0.3, -0.25) is 0 Å². The van der Waals surface area contributed by atoms with Crippen LogP contribution in [0.4, 0.5) is 0 Å². The Morgan fingerprint density at radius 3 is 2.71 bits per heavy atom. The Hall–Kier alpha value is -0.790. The third-order valence-corrected chi connectivity index (χ3v) is 3.63. The highest BCUT2D eigenvalue weighted by atomic mass is 79.9. The Bertz CT molecular complexity index is 547. The van der Waals surface area contributed by atoms with Crippen LogP contribution in [0.15, 0.2) is 34.8 Å². The van der Waals surface area contributed by atoms with Crippen molar-refractivity contribution in [2.45, 2.75) is 20.3 Å². The highest BCUT2D eigenvalue weighted by molar-refractivity contribution is 9.10.